The molecule has 20 heavy (non-hydrogen) atoms. The Balaban J connectivity index is 1.44. The molecular weight excluding hydrogens is 250 g/mol. The van der Waals surface area contributed by atoms with Crippen molar-refractivity contribution >= 4 is 5.91 Å². The zero-order valence-electron chi connectivity index (χ0n) is 12.7. The predicted molar refractivity (Wildman–Crippen MR) is 80.5 cm³/mol. The van der Waals surface area contributed by atoms with Crippen molar-refractivity contribution < 1.29 is 4.79 Å². The number of carbonyl (C=O) groups is 1. The van der Waals surface area contributed by atoms with E-state index in [1.54, 1.807) is 0 Å². The molecular formula is C16H29N3O. The number of carbonyl (C=O) groups excluding carboxylic acids is 1. The summed E-state index contributed by atoms with van der Waals surface area (Å²) in [4.78, 5) is 14.6. The third-order valence-electron chi connectivity index (χ3n) is 5.61. The van der Waals surface area contributed by atoms with Gasteiger partial charge in [-0.15, -0.1) is 0 Å². The van der Waals surface area contributed by atoms with Gasteiger partial charge in [-0.05, 0) is 56.7 Å². The normalized spacial score (nSPS) is 38.5. The molecule has 0 aromatic rings. The van der Waals surface area contributed by atoms with E-state index in [0.717, 1.165) is 31.5 Å². The first-order valence-electron chi connectivity index (χ1n) is 8.45. The maximum absolute atomic E-state index is 12.2. The van der Waals surface area contributed by atoms with Crippen molar-refractivity contribution in [2.24, 2.45) is 17.8 Å². The minimum atomic E-state index is 0.244. The lowest BCUT2D eigenvalue weighted by Gasteiger charge is -2.35. The second-order valence-corrected chi connectivity index (χ2v) is 7.14. The lowest BCUT2D eigenvalue weighted by molar-refractivity contribution is -0.124. The number of likely N-dealkylation sites (tertiary alicyclic amines) is 1. The van der Waals surface area contributed by atoms with Crippen LogP contribution in [0.2, 0.25) is 0 Å². The first-order valence-corrected chi connectivity index (χ1v) is 8.45. The summed E-state index contributed by atoms with van der Waals surface area (Å²) in [6, 6.07) is 0.418. The predicted octanol–water partition coefficient (Wildman–Crippen LogP) is 1.22. The molecule has 2 heterocycles. The van der Waals surface area contributed by atoms with Crippen LogP contribution in [0.4, 0.5) is 0 Å². The van der Waals surface area contributed by atoms with Crippen molar-refractivity contribution in [2.45, 2.75) is 45.1 Å². The molecule has 0 spiro atoms. The van der Waals surface area contributed by atoms with Crippen molar-refractivity contribution in [1.29, 1.82) is 0 Å². The van der Waals surface area contributed by atoms with Crippen molar-refractivity contribution in [3.05, 3.63) is 0 Å². The van der Waals surface area contributed by atoms with Crippen molar-refractivity contribution in [3.8, 4) is 0 Å². The molecule has 114 valence electrons. The summed E-state index contributed by atoms with van der Waals surface area (Å²) in [7, 11) is 0. The Kier molecular flexibility index (Phi) is 4.61. The van der Waals surface area contributed by atoms with Gasteiger partial charge in [0.05, 0.1) is 6.54 Å². The van der Waals surface area contributed by atoms with Crippen LogP contribution in [0.1, 0.15) is 39.0 Å². The number of piperidine rings is 1. The Labute approximate surface area is 122 Å². The minimum Gasteiger partial charge on any atom is -0.352 e. The van der Waals surface area contributed by atoms with Gasteiger partial charge in [0, 0.05) is 12.6 Å². The molecule has 3 fully saturated rings. The van der Waals surface area contributed by atoms with Crippen LogP contribution >= 0.6 is 0 Å². The number of rotatable bonds is 3. The van der Waals surface area contributed by atoms with Gasteiger partial charge in [0.15, 0.2) is 0 Å². The van der Waals surface area contributed by atoms with E-state index >= 15 is 0 Å². The number of amides is 1. The van der Waals surface area contributed by atoms with E-state index in [4.69, 9.17) is 0 Å². The molecule has 0 bridgehead atoms. The third-order valence-corrected chi connectivity index (χ3v) is 5.61. The summed E-state index contributed by atoms with van der Waals surface area (Å²) in [5.41, 5.74) is 0. The second-order valence-electron chi connectivity index (χ2n) is 7.14. The summed E-state index contributed by atoms with van der Waals surface area (Å²) in [6.07, 6.45) is 6.29. The van der Waals surface area contributed by atoms with Gasteiger partial charge in [0.2, 0.25) is 5.91 Å². The molecule has 0 aromatic carbocycles. The highest BCUT2D eigenvalue weighted by molar-refractivity contribution is 5.78. The number of fused-ring (bicyclic) bond motifs is 1. The van der Waals surface area contributed by atoms with Crippen LogP contribution in [-0.4, -0.2) is 49.6 Å². The molecule has 2 saturated heterocycles. The van der Waals surface area contributed by atoms with Crippen LogP contribution in [0.5, 0.6) is 0 Å². The molecule has 2 aliphatic heterocycles. The lowest BCUT2D eigenvalue weighted by Crippen LogP contribution is -2.48. The van der Waals surface area contributed by atoms with Gasteiger partial charge < -0.3 is 10.6 Å². The summed E-state index contributed by atoms with van der Waals surface area (Å²) in [6.45, 7) is 7.40. The quantitative estimate of drug-likeness (QED) is 0.816. The van der Waals surface area contributed by atoms with Crippen LogP contribution in [0.15, 0.2) is 0 Å². The molecule has 0 aromatic heterocycles. The monoisotopic (exact) mass is 279 g/mol. The van der Waals surface area contributed by atoms with Gasteiger partial charge in [-0.2, -0.15) is 0 Å². The molecule has 4 nitrogen and oxygen atoms in total. The van der Waals surface area contributed by atoms with E-state index in [9.17, 15) is 4.79 Å². The van der Waals surface area contributed by atoms with E-state index in [1.165, 1.54) is 38.6 Å². The smallest absolute Gasteiger partial charge is 0.234 e. The van der Waals surface area contributed by atoms with Crippen LogP contribution in [0.25, 0.3) is 0 Å². The molecule has 4 unspecified atom stereocenters. The molecule has 1 saturated carbocycles. The topological polar surface area (TPSA) is 44.4 Å². The van der Waals surface area contributed by atoms with Crippen LogP contribution in [0.3, 0.4) is 0 Å². The van der Waals surface area contributed by atoms with Gasteiger partial charge >= 0.3 is 0 Å². The van der Waals surface area contributed by atoms with Gasteiger partial charge in [-0.3, -0.25) is 9.69 Å². The number of nitrogens with one attached hydrogen (secondary N) is 2. The van der Waals surface area contributed by atoms with E-state index in [2.05, 4.69) is 22.5 Å². The zero-order chi connectivity index (χ0) is 13.9. The highest BCUT2D eigenvalue weighted by Crippen LogP contribution is 2.26. The molecule has 1 amide bonds. The molecule has 2 N–H and O–H groups in total. The fourth-order valence-electron chi connectivity index (χ4n) is 4.24. The van der Waals surface area contributed by atoms with Crippen LogP contribution in [0, 0.1) is 17.8 Å². The van der Waals surface area contributed by atoms with E-state index in [1.807, 2.05) is 0 Å². The van der Waals surface area contributed by atoms with Gasteiger partial charge in [0.25, 0.3) is 0 Å². The van der Waals surface area contributed by atoms with Crippen molar-refractivity contribution in [2.75, 3.05) is 32.7 Å². The Hall–Kier alpha value is -0.610. The maximum atomic E-state index is 12.2. The lowest BCUT2D eigenvalue weighted by atomic mass is 9.86. The fraction of sp³-hybridized carbons (Fsp3) is 0.938. The summed E-state index contributed by atoms with van der Waals surface area (Å²) >= 11 is 0. The fourth-order valence-corrected chi connectivity index (χ4v) is 4.24. The highest BCUT2D eigenvalue weighted by atomic mass is 16.2. The molecule has 3 aliphatic rings. The van der Waals surface area contributed by atoms with Crippen LogP contribution < -0.4 is 10.6 Å². The Morgan fingerprint density at radius 3 is 2.85 bits per heavy atom. The van der Waals surface area contributed by atoms with Crippen LogP contribution in [-0.2, 0) is 4.79 Å². The summed E-state index contributed by atoms with van der Waals surface area (Å²) in [5, 5.41) is 6.76. The SMILES string of the molecule is CC1CCCCC1NC(=O)CN1CCC2CNCC2C1. The first kappa shape index (κ1) is 14.3. The second kappa shape index (κ2) is 6.44. The van der Waals surface area contributed by atoms with E-state index < -0.39 is 0 Å². The molecule has 4 heteroatoms. The molecule has 0 radical (unpaired) electrons. The van der Waals surface area contributed by atoms with Gasteiger partial charge in [-0.25, -0.2) is 0 Å². The zero-order valence-corrected chi connectivity index (χ0v) is 12.7. The minimum absolute atomic E-state index is 0.244. The Morgan fingerprint density at radius 1 is 1.20 bits per heavy atom. The first-order chi connectivity index (χ1) is 9.72. The standard InChI is InChI=1S/C16H29N3O/c1-12-4-2-3-5-15(12)18-16(20)11-19-7-6-13-8-17-9-14(13)10-19/h12-15,17H,2-11H2,1H3,(H,18,20). The van der Waals surface area contributed by atoms with Gasteiger partial charge in [0.1, 0.15) is 0 Å². The number of hydrogen-bond acceptors (Lipinski definition) is 3. The Morgan fingerprint density at radius 2 is 2.00 bits per heavy atom. The highest BCUT2D eigenvalue weighted by Gasteiger charge is 2.33. The van der Waals surface area contributed by atoms with Crippen molar-refractivity contribution in [1.82, 2.24) is 15.5 Å². The Bertz CT molecular complexity index is 347. The largest absolute Gasteiger partial charge is 0.352 e. The summed E-state index contributed by atoms with van der Waals surface area (Å²) < 4.78 is 0. The van der Waals surface area contributed by atoms with Crippen molar-refractivity contribution in [3.63, 3.8) is 0 Å². The van der Waals surface area contributed by atoms with E-state index in [-0.39, 0.29) is 5.91 Å². The average molecular weight is 279 g/mol. The van der Waals surface area contributed by atoms with E-state index in [0.29, 0.717) is 18.5 Å². The number of nitrogens with zero attached hydrogens (tertiary/aromatic N) is 1. The molecule has 1 aliphatic carbocycles. The third kappa shape index (κ3) is 3.34. The molecule has 4 atom stereocenters. The summed E-state index contributed by atoms with van der Waals surface area (Å²) in [5.74, 6) is 2.52. The number of hydrogen-bond donors (Lipinski definition) is 2. The van der Waals surface area contributed by atoms with Gasteiger partial charge in [-0.1, -0.05) is 19.8 Å². The average Bonchev–Trinajstić information content (AvgIpc) is 2.89. The maximum Gasteiger partial charge on any atom is 0.234 e. The molecule has 3 rings (SSSR count).